The van der Waals surface area contributed by atoms with Crippen LogP contribution in [0.5, 0.6) is 11.5 Å². The van der Waals surface area contributed by atoms with E-state index in [9.17, 15) is 50.4 Å². The van der Waals surface area contributed by atoms with Crippen molar-refractivity contribution in [2.45, 2.75) is 59.0 Å². The Labute approximate surface area is 242 Å². The third-order valence-electron chi connectivity index (χ3n) is 5.53. The molecule has 254 valence electrons. The van der Waals surface area contributed by atoms with Crippen LogP contribution < -0.4 is 20.1 Å². The van der Waals surface area contributed by atoms with Crippen LogP contribution in [-0.2, 0) is 13.1 Å². The van der Waals surface area contributed by atoms with Gasteiger partial charge in [-0.1, -0.05) is 23.3 Å². The molecule has 0 aliphatic carbocycles. The van der Waals surface area contributed by atoms with E-state index in [2.05, 4.69) is 60.9 Å². The molecule has 2 aromatic rings. The van der Waals surface area contributed by atoms with Crippen molar-refractivity contribution in [3.05, 3.63) is 58.7 Å². The Kier molecular flexibility index (Phi) is 12.3. The van der Waals surface area contributed by atoms with E-state index in [0.29, 0.717) is 13.2 Å². The fourth-order valence-corrected chi connectivity index (χ4v) is 3.89. The van der Waals surface area contributed by atoms with Crippen molar-refractivity contribution in [3.63, 3.8) is 0 Å². The number of aryl methyl sites for hydroxylation is 2. The number of rotatable bonds is 0. The molecule has 3 rings (SSSR count). The zero-order valence-electron chi connectivity index (χ0n) is 23.6. The maximum atomic E-state index is 9.87. The first-order chi connectivity index (χ1) is 19.1. The molecule has 0 unspecified atom stereocenters. The van der Waals surface area contributed by atoms with Crippen LogP contribution >= 0.6 is 15.6 Å². The van der Waals surface area contributed by atoms with Gasteiger partial charge in [0.1, 0.15) is 24.6 Å². The molecule has 18 heteroatoms. The normalized spacial score (nSPS) is 19.3. The summed E-state index contributed by atoms with van der Waals surface area (Å²) in [5.41, 5.74) is 5.20. The third kappa shape index (κ3) is 28.5. The summed E-state index contributed by atoms with van der Waals surface area (Å²) >= 11 is 0. The zero-order valence-corrected chi connectivity index (χ0v) is 25.4. The minimum atomic E-state index is -10.7. The van der Waals surface area contributed by atoms with E-state index < -0.39 is 15.6 Å². The van der Waals surface area contributed by atoms with Gasteiger partial charge in [0, 0.05) is 17.5 Å². The fraction of sp³-hybridized carbons (Fsp3) is 0.520. The molecular weight excluding hydrogens is 650 g/mol. The number of halogens is 12. The van der Waals surface area contributed by atoms with Gasteiger partial charge in [-0.25, -0.2) is 0 Å². The number of ether oxygens (including phenoxy) is 2. The van der Waals surface area contributed by atoms with E-state index in [0.717, 1.165) is 31.0 Å². The van der Waals surface area contributed by atoms with Gasteiger partial charge in [-0.15, -0.1) is 0 Å². The molecule has 1 heterocycles. The Morgan fingerprint density at radius 2 is 0.837 bits per heavy atom. The second kappa shape index (κ2) is 13.5. The van der Waals surface area contributed by atoms with Crippen molar-refractivity contribution in [2.75, 3.05) is 26.3 Å². The molecular formula is C25H38F12N2O2P2. The Balaban J connectivity index is 0.000000548. The molecule has 4 nitrogen and oxygen atoms in total. The van der Waals surface area contributed by atoms with Gasteiger partial charge in [0.25, 0.3) is 0 Å². The van der Waals surface area contributed by atoms with E-state index in [1.807, 2.05) is 0 Å². The van der Waals surface area contributed by atoms with Crippen LogP contribution in [0.4, 0.5) is 50.4 Å². The van der Waals surface area contributed by atoms with Crippen molar-refractivity contribution >= 4 is 15.6 Å². The van der Waals surface area contributed by atoms with Gasteiger partial charge in [0.15, 0.2) is 0 Å². The zero-order chi connectivity index (χ0) is 33.1. The predicted molar refractivity (Wildman–Crippen MR) is 145 cm³/mol. The fourth-order valence-electron chi connectivity index (χ4n) is 3.89. The van der Waals surface area contributed by atoms with E-state index in [1.165, 1.54) is 61.0 Å². The number of nitrogens with two attached hydrogens (primary N) is 2. The molecule has 2 aromatic carbocycles. The standard InChI is InChI=1S/C25H36N2O2.2F6P/c1-20-8-10-24-22(16-20)18-26-12-5-3-4-6-13-27-19-23-17-21(2)9-11-25(23)29-15-7-14-28-24;2*1-7(2,3,4,5)6/h8-11,16-17,26-27H,3-7,12-15,18-19H2,1-2H3;;/q;2*-1/p+2. The van der Waals surface area contributed by atoms with Crippen LogP contribution in [0.3, 0.4) is 0 Å². The van der Waals surface area contributed by atoms with E-state index in [-0.39, 0.29) is 0 Å². The number of benzene rings is 2. The second-order valence-electron chi connectivity index (χ2n) is 10.2. The Morgan fingerprint density at radius 1 is 0.512 bits per heavy atom. The first-order valence-electron chi connectivity index (χ1n) is 13.3. The summed E-state index contributed by atoms with van der Waals surface area (Å²) < 4.78 is 131. The van der Waals surface area contributed by atoms with Crippen LogP contribution in [0, 0.1) is 13.8 Å². The van der Waals surface area contributed by atoms with E-state index >= 15 is 0 Å². The van der Waals surface area contributed by atoms with E-state index in [4.69, 9.17) is 9.47 Å². The van der Waals surface area contributed by atoms with Crippen LogP contribution in [0.15, 0.2) is 36.4 Å². The molecule has 1 aliphatic heterocycles. The Hall–Kier alpha value is -2.02. The molecule has 0 saturated heterocycles. The van der Waals surface area contributed by atoms with Crippen LogP contribution in [0.25, 0.3) is 0 Å². The number of fused-ring (bicyclic) bond motifs is 2. The topological polar surface area (TPSA) is 51.7 Å². The summed E-state index contributed by atoms with van der Waals surface area (Å²) in [5.74, 6) is 2.05. The van der Waals surface area contributed by atoms with Crippen molar-refractivity contribution in [1.29, 1.82) is 0 Å². The quantitative estimate of drug-likeness (QED) is 0.214. The first kappa shape index (κ1) is 39.0. The van der Waals surface area contributed by atoms with Crippen molar-refractivity contribution in [2.24, 2.45) is 0 Å². The Morgan fingerprint density at radius 3 is 1.16 bits per heavy atom. The third-order valence-corrected chi connectivity index (χ3v) is 5.53. The summed E-state index contributed by atoms with van der Waals surface area (Å²) in [5, 5.41) is 4.84. The van der Waals surface area contributed by atoms with Gasteiger partial charge in [-0.3, -0.25) is 0 Å². The van der Waals surface area contributed by atoms with Gasteiger partial charge in [0.2, 0.25) is 0 Å². The number of hydrogen-bond donors (Lipinski definition) is 2. The summed E-state index contributed by atoms with van der Waals surface area (Å²) in [6.07, 6.45) is 6.10. The average Bonchev–Trinajstić information content (AvgIpc) is 2.78. The van der Waals surface area contributed by atoms with Crippen molar-refractivity contribution in [1.82, 2.24) is 0 Å². The molecule has 1 aliphatic rings. The molecule has 0 radical (unpaired) electrons. The molecule has 43 heavy (non-hydrogen) atoms. The number of hydrogen-bond acceptors (Lipinski definition) is 2. The maximum absolute atomic E-state index is 10.7. The molecule has 0 bridgehead atoms. The summed E-state index contributed by atoms with van der Waals surface area (Å²) in [4.78, 5) is 0. The number of quaternary nitrogens is 2. The Bertz CT molecular complexity index is 1060. The van der Waals surface area contributed by atoms with Crippen LogP contribution in [0.2, 0.25) is 0 Å². The molecule has 0 aromatic heterocycles. The molecule has 0 saturated carbocycles. The SMILES string of the molecule is Cc1ccc2c(c1)C[NH2+]CCCCCC[NH2+]Cc1cc(C)ccc1OCCCO2.F[P-](F)(F)(F)(F)F.F[P-](F)(F)(F)(F)F. The van der Waals surface area contributed by atoms with E-state index in [1.54, 1.807) is 0 Å². The summed E-state index contributed by atoms with van der Waals surface area (Å²) in [6, 6.07) is 13.0. The van der Waals surface area contributed by atoms with Gasteiger partial charge >= 0.3 is 66.0 Å². The average molecular weight is 689 g/mol. The first-order valence-corrected chi connectivity index (χ1v) is 17.4. The summed E-state index contributed by atoms with van der Waals surface area (Å²) in [6.45, 7) is 10.0. The van der Waals surface area contributed by atoms with Crippen molar-refractivity contribution in [3.8, 4) is 11.5 Å². The molecule has 0 fully saturated rings. The summed E-state index contributed by atoms with van der Waals surface area (Å²) in [7, 11) is -21.3. The van der Waals surface area contributed by atoms with Crippen LogP contribution in [-0.4, -0.2) is 26.3 Å². The molecule has 0 atom stereocenters. The minimum absolute atomic E-state index is 0.684. The molecule has 0 amide bonds. The molecule has 0 spiro atoms. The van der Waals surface area contributed by atoms with Gasteiger partial charge in [0.05, 0.1) is 26.3 Å². The van der Waals surface area contributed by atoms with Gasteiger partial charge < -0.3 is 20.1 Å². The van der Waals surface area contributed by atoms with Gasteiger partial charge in [-0.05, 0) is 63.8 Å². The second-order valence-corrected chi connectivity index (χ2v) is 14.0. The molecule has 4 N–H and O–H groups in total. The predicted octanol–water partition coefficient (Wildman–Crippen LogP) is 9.62. The van der Waals surface area contributed by atoms with Crippen LogP contribution in [0.1, 0.15) is 54.4 Å². The van der Waals surface area contributed by atoms with Crippen molar-refractivity contribution < 1.29 is 70.5 Å². The van der Waals surface area contributed by atoms with Gasteiger partial charge in [-0.2, -0.15) is 0 Å². The monoisotopic (exact) mass is 688 g/mol.